The molecule has 156 valence electrons. The first-order chi connectivity index (χ1) is 15.6. The molecule has 0 fully saturated rings. The summed E-state index contributed by atoms with van der Waals surface area (Å²) in [6.45, 7) is 0. The number of imidazole rings is 4. The molecule has 32 heavy (non-hydrogen) atoms. The van der Waals surface area contributed by atoms with Crippen molar-refractivity contribution in [1.82, 2.24) is 39.0 Å². The fraction of sp³-hybridized carbons (Fsp3) is 0.0455. The summed E-state index contributed by atoms with van der Waals surface area (Å²) in [7, 11) is 0. The second kappa shape index (κ2) is 6.91. The second-order valence-corrected chi connectivity index (χ2v) is 7.49. The van der Waals surface area contributed by atoms with Gasteiger partial charge in [-0.2, -0.15) is 0 Å². The lowest BCUT2D eigenvalue weighted by molar-refractivity contribution is 0.958. The summed E-state index contributed by atoms with van der Waals surface area (Å²) < 4.78 is 3.89. The summed E-state index contributed by atoms with van der Waals surface area (Å²) in [4.78, 5) is 24.6. The van der Waals surface area contributed by atoms with Gasteiger partial charge >= 0.3 is 0 Å². The number of benzene rings is 2. The Balaban J connectivity index is 1.43. The Morgan fingerprint density at radius 3 is 2.41 bits per heavy atom. The van der Waals surface area contributed by atoms with E-state index in [0.29, 0.717) is 12.0 Å². The van der Waals surface area contributed by atoms with Crippen molar-refractivity contribution >= 4 is 27.9 Å². The second-order valence-electron chi connectivity index (χ2n) is 7.49. The average Bonchev–Trinajstić information content (AvgIpc) is 3.58. The van der Waals surface area contributed by atoms with Crippen LogP contribution in [0, 0.1) is 5.41 Å². The molecule has 0 amide bonds. The molecule has 4 heterocycles. The molecule has 0 radical (unpaired) electrons. The first-order valence-electron chi connectivity index (χ1n) is 9.96. The molecule has 6 rings (SSSR count). The molecule has 0 saturated heterocycles. The molecular weight excluding hydrogens is 404 g/mol. The van der Waals surface area contributed by atoms with E-state index < -0.39 is 0 Å². The Morgan fingerprint density at radius 1 is 0.906 bits per heavy atom. The minimum Gasteiger partial charge on any atom is -0.384 e. The summed E-state index contributed by atoms with van der Waals surface area (Å²) in [5.41, 5.74) is 11.6. The number of hydrogen-bond acceptors (Lipinski definition) is 5. The maximum absolute atomic E-state index is 7.62. The van der Waals surface area contributed by atoms with Crippen molar-refractivity contribution in [1.29, 1.82) is 5.41 Å². The van der Waals surface area contributed by atoms with Gasteiger partial charge in [-0.1, -0.05) is 0 Å². The molecule has 0 aliphatic rings. The smallest absolute Gasteiger partial charge is 0.122 e. The molecule has 2 aromatic carbocycles. The molecule has 0 saturated carbocycles. The number of H-pyrrole nitrogens is 2. The Bertz CT molecular complexity index is 1570. The number of hydrogen-bond donors (Lipinski definition) is 4. The fourth-order valence-electron chi connectivity index (χ4n) is 3.85. The normalized spacial score (nSPS) is 11.5. The lowest BCUT2D eigenvalue weighted by Crippen LogP contribution is -2.10. The van der Waals surface area contributed by atoms with E-state index in [4.69, 9.17) is 16.1 Å². The highest BCUT2D eigenvalue weighted by Gasteiger charge is 2.14. The first kappa shape index (κ1) is 18.1. The molecule has 10 heteroatoms. The number of amidine groups is 1. The minimum absolute atomic E-state index is 0.0288. The Kier molecular flexibility index (Phi) is 3.90. The van der Waals surface area contributed by atoms with Gasteiger partial charge in [0.25, 0.3) is 0 Å². The van der Waals surface area contributed by atoms with Gasteiger partial charge in [0.1, 0.15) is 23.0 Å². The van der Waals surface area contributed by atoms with Gasteiger partial charge in [-0.05, 0) is 30.3 Å². The van der Waals surface area contributed by atoms with Crippen LogP contribution in [0.3, 0.4) is 0 Å². The molecule has 0 atom stereocenters. The number of nitrogens with one attached hydrogen (secondary N) is 3. The number of rotatable bonds is 5. The zero-order valence-electron chi connectivity index (χ0n) is 16.8. The molecule has 6 aromatic rings. The number of nitrogens with zero attached hydrogens (tertiary/aromatic N) is 6. The van der Waals surface area contributed by atoms with Crippen molar-refractivity contribution in [2.45, 2.75) is 6.42 Å². The fourth-order valence-corrected chi connectivity index (χ4v) is 3.85. The first-order valence-corrected chi connectivity index (χ1v) is 9.96. The third kappa shape index (κ3) is 3.01. The predicted molar refractivity (Wildman–Crippen MR) is 120 cm³/mol. The predicted octanol–water partition coefficient (Wildman–Crippen LogP) is 2.69. The Labute approximate surface area is 181 Å². The third-order valence-electron chi connectivity index (χ3n) is 5.36. The van der Waals surface area contributed by atoms with Gasteiger partial charge in [-0.25, -0.2) is 19.9 Å². The molecule has 0 bridgehead atoms. The summed E-state index contributed by atoms with van der Waals surface area (Å²) in [6.07, 6.45) is 11.3. The lowest BCUT2D eigenvalue weighted by atomic mass is 10.2. The van der Waals surface area contributed by atoms with Crippen LogP contribution in [0.4, 0.5) is 0 Å². The lowest BCUT2D eigenvalue weighted by Gasteiger charge is -2.08. The topological polar surface area (TPSA) is 143 Å². The third-order valence-corrected chi connectivity index (χ3v) is 5.36. The number of nitrogens with two attached hydrogens (primary N) is 1. The monoisotopic (exact) mass is 422 g/mol. The van der Waals surface area contributed by atoms with E-state index in [-0.39, 0.29) is 5.84 Å². The molecular formula is C22H18N10. The van der Waals surface area contributed by atoms with Gasteiger partial charge in [-0.3, -0.25) is 5.41 Å². The van der Waals surface area contributed by atoms with Crippen LogP contribution in [-0.4, -0.2) is 44.9 Å². The van der Waals surface area contributed by atoms with E-state index in [0.717, 1.165) is 45.1 Å². The van der Waals surface area contributed by atoms with E-state index in [1.807, 2.05) is 39.7 Å². The van der Waals surface area contributed by atoms with Gasteiger partial charge < -0.3 is 24.8 Å². The minimum atomic E-state index is 0.0288. The van der Waals surface area contributed by atoms with Crippen molar-refractivity contribution in [3.05, 3.63) is 85.0 Å². The van der Waals surface area contributed by atoms with Crippen LogP contribution in [0.15, 0.2) is 67.8 Å². The average molecular weight is 422 g/mol. The molecule has 0 unspecified atom stereocenters. The maximum atomic E-state index is 7.62. The Morgan fingerprint density at radius 2 is 1.66 bits per heavy atom. The highest BCUT2D eigenvalue weighted by Crippen LogP contribution is 2.26. The number of fused-ring (bicyclic) bond motifs is 2. The summed E-state index contributed by atoms with van der Waals surface area (Å²) in [5.74, 6) is 1.59. The zero-order valence-corrected chi connectivity index (χ0v) is 16.8. The van der Waals surface area contributed by atoms with Gasteiger partial charge in [0.2, 0.25) is 0 Å². The number of aromatic amines is 2. The van der Waals surface area contributed by atoms with Crippen LogP contribution in [0.5, 0.6) is 0 Å². The van der Waals surface area contributed by atoms with Crippen molar-refractivity contribution in [3.63, 3.8) is 0 Å². The van der Waals surface area contributed by atoms with Crippen LogP contribution in [0.1, 0.15) is 17.2 Å². The molecule has 5 N–H and O–H groups in total. The number of nitrogen functional groups attached to an aromatic ring is 1. The standard InChI is InChI=1S/C22H18N10/c23-22(24)13-1-2-15-16(7-13)28-19(27-15)10-20-29-17-8-14(31-5-3-25-11-31)9-18(21(17)30-20)32-6-4-26-12-32/h1-9,11-12H,10H2,(H3,23,24)(H,27,28)(H,29,30). The van der Waals surface area contributed by atoms with Crippen LogP contribution >= 0.6 is 0 Å². The van der Waals surface area contributed by atoms with Gasteiger partial charge in [0.15, 0.2) is 0 Å². The van der Waals surface area contributed by atoms with Crippen LogP contribution < -0.4 is 5.73 Å². The maximum Gasteiger partial charge on any atom is 0.122 e. The van der Waals surface area contributed by atoms with Crippen molar-refractivity contribution in [2.24, 2.45) is 5.73 Å². The molecule has 4 aromatic heterocycles. The molecule has 0 aliphatic heterocycles. The van der Waals surface area contributed by atoms with Crippen molar-refractivity contribution in [3.8, 4) is 11.4 Å². The molecule has 10 nitrogen and oxygen atoms in total. The SMILES string of the molecule is N=C(N)c1ccc2nc(Cc3nc4c(-n5ccnc5)cc(-n5ccnc5)cc4[nH]3)[nH]c2c1. The van der Waals surface area contributed by atoms with Gasteiger partial charge in [-0.15, -0.1) is 0 Å². The van der Waals surface area contributed by atoms with E-state index in [9.17, 15) is 0 Å². The molecule has 0 aliphatic carbocycles. The summed E-state index contributed by atoms with van der Waals surface area (Å²) in [6, 6.07) is 9.60. The van der Waals surface area contributed by atoms with E-state index in [2.05, 4.69) is 31.0 Å². The number of aromatic nitrogens is 8. The van der Waals surface area contributed by atoms with Crippen LogP contribution in [0.2, 0.25) is 0 Å². The highest BCUT2D eigenvalue weighted by molar-refractivity contribution is 5.98. The van der Waals surface area contributed by atoms with E-state index in [1.165, 1.54) is 0 Å². The summed E-state index contributed by atoms with van der Waals surface area (Å²) in [5, 5.41) is 7.62. The highest BCUT2D eigenvalue weighted by atomic mass is 15.1. The zero-order chi connectivity index (χ0) is 21.7. The quantitative estimate of drug-likeness (QED) is 0.249. The summed E-state index contributed by atoms with van der Waals surface area (Å²) >= 11 is 0. The van der Waals surface area contributed by atoms with Gasteiger partial charge in [0.05, 0.1) is 47.0 Å². The van der Waals surface area contributed by atoms with Crippen LogP contribution in [-0.2, 0) is 6.42 Å². The van der Waals surface area contributed by atoms with Crippen molar-refractivity contribution < 1.29 is 0 Å². The largest absolute Gasteiger partial charge is 0.384 e. The Hall–Kier alpha value is -4.73. The van der Waals surface area contributed by atoms with Crippen LogP contribution in [0.25, 0.3) is 33.4 Å². The molecule has 0 spiro atoms. The van der Waals surface area contributed by atoms with Gasteiger partial charge in [0, 0.05) is 30.4 Å². The van der Waals surface area contributed by atoms with E-state index >= 15 is 0 Å². The van der Waals surface area contributed by atoms with E-state index in [1.54, 1.807) is 31.1 Å². The van der Waals surface area contributed by atoms with Crippen molar-refractivity contribution in [2.75, 3.05) is 0 Å².